The molecule has 1 fully saturated rings. The number of benzene rings is 2. The van der Waals surface area contributed by atoms with Crippen LogP contribution in [0.1, 0.15) is 25.7 Å². The van der Waals surface area contributed by atoms with Crippen molar-refractivity contribution in [1.82, 2.24) is 19.6 Å². The molecule has 0 atom stereocenters. The van der Waals surface area contributed by atoms with Crippen LogP contribution in [0.5, 0.6) is 11.5 Å². The highest BCUT2D eigenvalue weighted by atomic mass is 35.5. The second-order valence-corrected chi connectivity index (χ2v) is 11.1. The molecule has 0 saturated carbocycles. The molecule has 1 aliphatic heterocycles. The van der Waals surface area contributed by atoms with E-state index in [9.17, 15) is 8.42 Å². The molecule has 0 unspecified atom stereocenters. The van der Waals surface area contributed by atoms with Gasteiger partial charge < -0.3 is 20.1 Å². The van der Waals surface area contributed by atoms with E-state index >= 15 is 0 Å². The summed E-state index contributed by atoms with van der Waals surface area (Å²) in [5.41, 5.74) is 0.942. The Hall–Kier alpha value is -3.12. The van der Waals surface area contributed by atoms with Gasteiger partial charge in [-0.2, -0.15) is 4.98 Å². The van der Waals surface area contributed by atoms with Crippen molar-refractivity contribution in [2.75, 3.05) is 51.0 Å². The molecular weight excluding hydrogens is 528 g/mol. The Morgan fingerprint density at radius 1 is 1.03 bits per heavy atom. The Morgan fingerprint density at radius 3 is 2.53 bits per heavy atom. The molecule has 4 rings (SSSR count). The average molecular weight is 561 g/mol. The minimum atomic E-state index is -3.70. The van der Waals surface area contributed by atoms with Gasteiger partial charge in [-0.3, -0.25) is 4.90 Å². The minimum Gasteiger partial charge on any atom is -0.495 e. The summed E-state index contributed by atoms with van der Waals surface area (Å²) >= 11 is 6.34. The van der Waals surface area contributed by atoms with E-state index in [1.165, 1.54) is 45.0 Å². The maximum atomic E-state index is 12.4. The number of rotatable bonds is 11. The number of anilines is 4. The second kappa shape index (κ2) is 13.1. The van der Waals surface area contributed by atoms with Crippen LogP contribution < -0.4 is 24.8 Å². The maximum Gasteiger partial charge on any atom is 0.242 e. The van der Waals surface area contributed by atoms with E-state index in [0.717, 1.165) is 19.6 Å². The predicted octanol–water partition coefficient (Wildman–Crippen LogP) is 4.79. The van der Waals surface area contributed by atoms with Gasteiger partial charge in [0.05, 0.1) is 24.7 Å². The Kier molecular flexibility index (Phi) is 9.62. The molecule has 0 radical (unpaired) electrons. The van der Waals surface area contributed by atoms with Gasteiger partial charge in [0, 0.05) is 12.6 Å². The van der Waals surface area contributed by atoms with Gasteiger partial charge in [-0.25, -0.2) is 18.1 Å². The molecule has 1 aliphatic rings. The summed E-state index contributed by atoms with van der Waals surface area (Å²) in [6, 6.07) is 12.0. The Labute approximate surface area is 228 Å². The van der Waals surface area contributed by atoms with Gasteiger partial charge >= 0.3 is 0 Å². The Morgan fingerprint density at radius 2 is 1.79 bits per heavy atom. The first-order valence-electron chi connectivity index (χ1n) is 12.5. The first-order chi connectivity index (χ1) is 18.4. The molecule has 0 amide bonds. The number of hydrogen-bond acceptors (Lipinski definition) is 9. The molecule has 0 spiro atoms. The third-order valence-corrected chi connectivity index (χ3v) is 7.98. The lowest BCUT2D eigenvalue weighted by atomic mass is 10.2. The molecule has 1 aromatic heterocycles. The van der Waals surface area contributed by atoms with Gasteiger partial charge in [-0.1, -0.05) is 36.6 Å². The summed E-state index contributed by atoms with van der Waals surface area (Å²) < 4.78 is 38.7. The van der Waals surface area contributed by atoms with E-state index in [-0.39, 0.29) is 21.7 Å². The Balaban J connectivity index is 1.49. The van der Waals surface area contributed by atoms with Crippen LogP contribution in [0.2, 0.25) is 5.02 Å². The normalized spacial score (nSPS) is 14.5. The number of nitrogens with one attached hydrogen (secondary N) is 3. The maximum absolute atomic E-state index is 12.4. The number of methoxy groups -OCH3 is 1. The van der Waals surface area contributed by atoms with Crippen LogP contribution in [-0.4, -0.2) is 63.7 Å². The number of hydrogen-bond donors (Lipinski definition) is 3. The van der Waals surface area contributed by atoms with E-state index in [1.54, 1.807) is 25.3 Å². The summed E-state index contributed by atoms with van der Waals surface area (Å²) in [5.74, 6) is 1.77. The fraction of sp³-hybridized carbons (Fsp3) is 0.385. The van der Waals surface area contributed by atoms with Crippen LogP contribution in [-0.2, 0) is 10.0 Å². The lowest BCUT2D eigenvalue weighted by Gasteiger charge is -2.20. The quantitative estimate of drug-likeness (QED) is 0.304. The molecule has 38 heavy (non-hydrogen) atoms. The molecule has 1 saturated heterocycles. The SMILES string of the molecule is CNS(=O)(=O)c1ccccc1Nc1nc(Nc2cc(OCCN3CCCCCC3)ccc2OC)ncc1Cl. The van der Waals surface area contributed by atoms with Gasteiger partial charge in [0.25, 0.3) is 0 Å². The van der Waals surface area contributed by atoms with Crippen molar-refractivity contribution in [3.05, 3.63) is 53.7 Å². The first kappa shape index (κ1) is 27.9. The summed E-state index contributed by atoms with van der Waals surface area (Å²) in [6.45, 7) is 3.71. The van der Waals surface area contributed by atoms with Gasteiger partial charge in [-0.15, -0.1) is 0 Å². The molecule has 3 N–H and O–H groups in total. The van der Waals surface area contributed by atoms with E-state index in [0.29, 0.717) is 29.5 Å². The molecule has 0 bridgehead atoms. The molecule has 2 aromatic carbocycles. The van der Waals surface area contributed by atoms with Crippen LogP contribution in [0.25, 0.3) is 0 Å². The summed E-state index contributed by atoms with van der Waals surface area (Å²) in [6.07, 6.45) is 6.52. The third kappa shape index (κ3) is 7.25. The van der Waals surface area contributed by atoms with Gasteiger partial charge in [-0.05, 0) is 57.2 Å². The molecular formula is C26H33ClN6O4S. The smallest absolute Gasteiger partial charge is 0.242 e. The zero-order valence-corrected chi connectivity index (χ0v) is 23.1. The Bertz CT molecular complexity index is 1330. The van der Waals surface area contributed by atoms with Crippen molar-refractivity contribution in [2.24, 2.45) is 0 Å². The highest BCUT2D eigenvalue weighted by Gasteiger charge is 2.18. The molecule has 2 heterocycles. The molecule has 204 valence electrons. The zero-order valence-electron chi connectivity index (χ0n) is 21.5. The van der Waals surface area contributed by atoms with Crippen LogP contribution in [0, 0.1) is 0 Å². The fourth-order valence-electron chi connectivity index (χ4n) is 4.20. The number of likely N-dealkylation sites (tertiary alicyclic amines) is 1. The number of para-hydroxylation sites is 1. The standard InChI is InChI=1S/C26H33ClN6O4S/c1-28-38(34,35)24-10-6-5-9-21(24)30-25-20(27)18-29-26(32-25)31-22-17-19(11-12-23(22)36-2)37-16-15-33-13-7-3-4-8-14-33/h5-6,9-12,17-18,28H,3-4,7-8,13-16H2,1-2H3,(H2,29,30,31,32). The largest absolute Gasteiger partial charge is 0.495 e. The second-order valence-electron chi connectivity index (χ2n) is 8.81. The highest BCUT2D eigenvalue weighted by Crippen LogP contribution is 2.33. The van der Waals surface area contributed by atoms with Crippen LogP contribution >= 0.6 is 11.6 Å². The van der Waals surface area contributed by atoms with Gasteiger partial charge in [0.1, 0.15) is 28.0 Å². The first-order valence-corrected chi connectivity index (χ1v) is 14.4. The van der Waals surface area contributed by atoms with E-state index in [4.69, 9.17) is 21.1 Å². The minimum absolute atomic E-state index is 0.0679. The zero-order chi connectivity index (χ0) is 27.0. The van der Waals surface area contributed by atoms with Crippen molar-refractivity contribution in [3.8, 4) is 11.5 Å². The summed E-state index contributed by atoms with van der Waals surface area (Å²) in [5, 5.41) is 6.39. The summed E-state index contributed by atoms with van der Waals surface area (Å²) in [4.78, 5) is 11.3. The number of sulfonamides is 1. The molecule has 3 aromatic rings. The van der Waals surface area contributed by atoms with Crippen molar-refractivity contribution >= 4 is 44.8 Å². The average Bonchev–Trinajstić information content (AvgIpc) is 3.20. The predicted molar refractivity (Wildman–Crippen MR) is 150 cm³/mol. The van der Waals surface area contributed by atoms with Crippen molar-refractivity contribution in [2.45, 2.75) is 30.6 Å². The van der Waals surface area contributed by atoms with E-state index < -0.39 is 10.0 Å². The number of nitrogens with zero attached hydrogens (tertiary/aromatic N) is 3. The van der Waals surface area contributed by atoms with E-state index in [1.807, 2.05) is 18.2 Å². The van der Waals surface area contributed by atoms with Crippen molar-refractivity contribution in [1.29, 1.82) is 0 Å². The highest BCUT2D eigenvalue weighted by molar-refractivity contribution is 7.89. The van der Waals surface area contributed by atoms with Gasteiger partial charge in [0.15, 0.2) is 5.82 Å². The van der Waals surface area contributed by atoms with Crippen molar-refractivity contribution < 1.29 is 17.9 Å². The fourth-order valence-corrected chi connectivity index (χ4v) is 5.23. The number of halogens is 1. The van der Waals surface area contributed by atoms with Crippen LogP contribution in [0.15, 0.2) is 53.6 Å². The van der Waals surface area contributed by atoms with Crippen LogP contribution in [0.3, 0.4) is 0 Å². The van der Waals surface area contributed by atoms with Crippen molar-refractivity contribution in [3.63, 3.8) is 0 Å². The number of ether oxygens (including phenoxy) is 2. The van der Waals surface area contributed by atoms with E-state index in [2.05, 4.69) is 30.2 Å². The molecule has 10 nitrogen and oxygen atoms in total. The lowest BCUT2D eigenvalue weighted by molar-refractivity contribution is 0.214. The number of aromatic nitrogens is 2. The molecule has 0 aliphatic carbocycles. The van der Waals surface area contributed by atoms with Gasteiger partial charge in [0.2, 0.25) is 16.0 Å². The monoisotopic (exact) mass is 560 g/mol. The van der Waals surface area contributed by atoms with Crippen LogP contribution in [0.4, 0.5) is 23.1 Å². The topological polar surface area (TPSA) is 118 Å². The third-order valence-electron chi connectivity index (χ3n) is 6.23. The molecule has 12 heteroatoms. The summed E-state index contributed by atoms with van der Waals surface area (Å²) in [7, 11) is -0.768. The lowest BCUT2D eigenvalue weighted by Crippen LogP contribution is -2.29.